The fourth-order valence-corrected chi connectivity index (χ4v) is 3.23. The highest BCUT2D eigenvalue weighted by molar-refractivity contribution is 14.0. The molecule has 1 heterocycles. The van der Waals surface area contributed by atoms with Crippen molar-refractivity contribution in [2.75, 3.05) is 46.0 Å². The fraction of sp³-hybridized carbons (Fsp3) is 0.435. The van der Waals surface area contributed by atoms with Crippen LogP contribution in [0.1, 0.15) is 18.1 Å². The summed E-state index contributed by atoms with van der Waals surface area (Å²) in [6.07, 6.45) is 0. The van der Waals surface area contributed by atoms with Crippen LogP contribution < -0.4 is 15.4 Å². The van der Waals surface area contributed by atoms with Crippen LogP contribution >= 0.6 is 24.0 Å². The molecule has 0 amide bonds. The molecule has 1 fully saturated rings. The third-order valence-corrected chi connectivity index (χ3v) is 4.84. The van der Waals surface area contributed by atoms with E-state index in [2.05, 4.69) is 20.5 Å². The predicted octanol–water partition coefficient (Wildman–Crippen LogP) is 3.41. The molecule has 6 nitrogen and oxygen atoms in total. The Bertz CT molecular complexity index is 816. The lowest BCUT2D eigenvalue weighted by atomic mass is 10.2. The molecular weight excluding hydrogens is 510 g/mol. The third kappa shape index (κ3) is 9.00. The number of nitrogens with zero attached hydrogens (tertiary/aromatic N) is 2. The van der Waals surface area contributed by atoms with Crippen molar-refractivity contribution in [3.63, 3.8) is 0 Å². The van der Waals surface area contributed by atoms with E-state index >= 15 is 0 Å². The van der Waals surface area contributed by atoms with Crippen LogP contribution in [0.2, 0.25) is 0 Å². The van der Waals surface area contributed by atoms with Gasteiger partial charge in [0.05, 0.1) is 19.8 Å². The highest BCUT2D eigenvalue weighted by atomic mass is 127. The van der Waals surface area contributed by atoms with E-state index in [9.17, 15) is 4.39 Å². The van der Waals surface area contributed by atoms with Crippen LogP contribution in [0, 0.1) is 5.82 Å². The van der Waals surface area contributed by atoms with Crippen molar-refractivity contribution in [2.45, 2.75) is 20.0 Å². The first-order chi connectivity index (χ1) is 14.7. The summed E-state index contributed by atoms with van der Waals surface area (Å²) in [5.41, 5.74) is 1.90. The van der Waals surface area contributed by atoms with Gasteiger partial charge in [-0.3, -0.25) is 4.90 Å². The molecule has 0 aliphatic carbocycles. The second-order valence-corrected chi connectivity index (χ2v) is 7.09. The molecule has 1 aliphatic rings. The number of nitrogens with one attached hydrogen (secondary N) is 2. The maximum Gasteiger partial charge on any atom is 0.191 e. The lowest BCUT2D eigenvalue weighted by Gasteiger charge is -2.26. The molecule has 0 bridgehead atoms. The number of hydrogen-bond acceptors (Lipinski definition) is 4. The normalized spacial score (nSPS) is 14.6. The molecule has 0 radical (unpaired) electrons. The largest absolute Gasteiger partial charge is 0.492 e. The van der Waals surface area contributed by atoms with E-state index in [1.165, 1.54) is 12.1 Å². The first-order valence-corrected chi connectivity index (χ1v) is 10.5. The van der Waals surface area contributed by atoms with Crippen molar-refractivity contribution in [1.29, 1.82) is 0 Å². The molecule has 170 valence electrons. The summed E-state index contributed by atoms with van der Waals surface area (Å²) in [6, 6.07) is 14.5. The second kappa shape index (κ2) is 14.2. The zero-order valence-corrected chi connectivity index (χ0v) is 20.3. The molecule has 8 heteroatoms. The van der Waals surface area contributed by atoms with Crippen LogP contribution in [0.5, 0.6) is 5.75 Å². The first-order valence-electron chi connectivity index (χ1n) is 10.5. The molecular formula is C23H32FIN4O2. The molecule has 0 atom stereocenters. The summed E-state index contributed by atoms with van der Waals surface area (Å²) < 4.78 is 24.8. The van der Waals surface area contributed by atoms with Gasteiger partial charge in [0, 0.05) is 38.3 Å². The average Bonchev–Trinajstić information content (AvgIpc) is 2.77. The second-order valence-electron chi connectivity index (χ2n) is 7.09. The lowest BCUT2D eigenvalue weighted by Crippen LogP contribution is -2.38. The summed E-state index contributed by atoms with van der Waals surface area (Å²) >= 11 is 0. The van der Waals surface area contributed by atoms with Gasteiger partial charge in [0.2, 0.25) is 0 Å². The van der Waals surface area contributed by atoms with Gasteiger partial charge in [-0.15, -0.1) is 24.0 Å². The molecule has 3 rings (SSSR count). The number of ether oxygens (including phenoxy) is 2. The highest BCUT2D eigenvalue weighted by Gasteiger charge is 2.11. The van der Waals surface area contributed by atoms with E-state index in [1.807, 2.05) is 37.3 Å². The van der Waals surface area contributed by atoms with Crippen LogP contribution in [0.25, 0.3) is 0 Å². The maximum atomic E-state index is 13.4. The summed E-state index contributed by atoms with van der Waals surface area (Å²) in [7, 11) is 0. The Kier molecular flexibility index (Phi) is 11.6. The van der Waals surface area contributed by atoms with Crippen molar-refractivity contribution < 1.29 is 13.9 Å². The highest BCUT2D eigenvalue weighted by Crippen LogP contribution is 2.17. The monoisotopic (exact) mass is 542 g/mol. The number of aliphatic imine (C=N–C) groups is 1. The van der Waals surface area contributed by atoms with Crippen molar-refractivity contribution in [3.05, 3.63) is 65.5 Å². The van der Waals surface area contributed by atoms with Crippen LogP contribution in [0.3, 0.4) is 0 Å². The smallest absolute Gasteiger partial charge is 0.191 e. The molecule has 2 N–H and O–H groups in total. The number of rotatable bonds is 9. The lowest BCUT2D eigenvalue weighted by molar-refractivity contribution is 0.0322. The van der Waals surface area contributed by atoms with Gasteiger partial charge in [0.1, 0.15) is 18.2 Å². The fourth-order valence-electron chi connectivity index (χ4n) is 3.23. The SMILES string of the molecule is CCNC(=NCc1cccc(F)c1)NCc1ccccc1OCCN1CCOCC1.I. The topological polar surface area (TPSA) is 58.1 Å². The molecule has 2 aromatic carbocycles. The molecule has 2 aromatic rings. The Morgan fingerprint density at radius 1 is 1.13 bits per heavy atom. The molecule has 1 aliphatic heterocycles. The van der Waals surface area contributed by atoms with E-state index in [1.54, 1.807) is 6.07 Å². The maximum absolute atomic E-state index is 13.4. The summed E-state index contributed by atoms with van der Waals surface area (Å²) in [4.78, 5) is 6.92. The molecule has 0 spiro atoms. The molecule has 1 saturated heterocycles. The minimum atomic E-state index is -0.246. The van der Waals surface area contributed by atoms with E-state index < -0.39 is 0 Å². The van der Waals surface area contributed by atoms with Crippen LogP contribution in [-0.4, -0.2) is 56.9 Å². The number of morpholine rings is 1. The van der Waals surface area contributed by atoms with E-state index in [0.717, 1.165) is 56.3 Å². The first kappa shape index (κ1) is 25.4. The van der Waals surface area contributed by atoms with Crippen LogP contribution in [0.15, 0.2) is 53.5 Å². The summed E-state index contributed by atoms with van der Waals surface area (Å²) in [6.45, 7) is 8.79. The minimum Gasteiger partial charge on any atom is -0.492 e. The molecule has 0 unspecified atom stereocenters. The van der Waals surface area contributed by atoms with E-state index in [0.29, 0.717) is 25.7 Å². The van der Waals surface area contributed by atoms with Gasteiger partial charge >= 0.3 is 0 Å². The molecule has 0 saturated carbocycles. The number of halogens is 2. The minimum absolute atomic E-state index is 0. The van der Waals surface area contributed by atoms with Crippen molar-refractivity contribution in [2.24, 2.45) is 4.99 Å². The number of para-hydroxylation sites is 1. The third-order valence-electron chi connectivity index (χ3n) is 4.84. The zero-order chi connectivity index (χ0) is 21.0. The van der Waals surface area contributed by atoms with E-state index in [-0.39, 0.29) is 29.8 Å². The number of benzene rings is 2. The summed E-state index contributed by atoms with van der Waals surface area (Å²) in [5, 5.41) is 6.57. The van der Waals surface area contributed by atoms with Crippen molar-refractivity contribution in [3.8, 4) is 5.75 Å². The van der Waals surface area contributed by atoms with Gasteiger partial charge in [0.25, 0.3) is 0 Å². The van der Waals surface area contributed by atoms with Gasteiger partial charge in [-0.25, -0.2) is 9.38 Å². The van der Waals surface area contributed by atoms with Crippen LogP contribution in [-0.2, 0) is 17.8 Å². The van der Waals surface area contributed by atoms with E-state index in [4.69, 9.17) is 9.47 Å². The Labute approximate surface area is 201 Å². The van der Waals surface area contributed by atoms with Gasteiger partial charge in [-0.05, 0) is 30.7 Å². The van der Waals surface area contributed by atoms with Crippen LogP contribution in [0.4, 0.5) is 4.39 Å². The standard InChI is InChI=1S/C23H31FN4O2.HI/c1-2-25-23(26-17-19-6-5-8-21(24)16-19)27-18-20-7-3-4-9-22(20)30-15-12-28-10-13-29-14-11-28;/h3-9,16H,2,10-15,17-18H2,1H3,(H2,25,26,27);1H. The number of hydrogen-bond donors (Lipinski definition) is 2. The van der Waals surface area contributed by atoms with Crippen molar-refractivity contribution >= 4 is 29.9 Å². The Morgan fingerprint density at radius 2 is 1.94 bits per heavy atom. The van der Waals surface area contributed by atoms with Crippen molar-refractivity contribution in [1.82, 2.24) is 15.5 Å². The Morgan fingerprint density at radius 3 is 2.71 bits per heavy atom. The van der Waals surface area contributed by atoms with Gasteiger partial charge in [-0.1, -0.05) is 30.3 Å². The number of guanidine groups is 1. The summed E-state index contributed by atoms with van der Waals surface area (Å²) in [5.74, 6) is 1.31. The molecule has 0 aromatic heterocycles. The van der Waals surface area contributed by atoms with Gasteiger partial charge < -0.3 is 20.1 Å². The Balaban J connectivity index is 0.00000341. The van der Waals surface area contributed by atoms with Gasteiger partial charge in [-0.2, -0.15) is 0 Å². The quantitative estimate of drug-likeness (QED) is 0.289. The average molecular weight is 542 g/mol. The Hall–Kier alpha value is -1.91. The zero-order valence-electron chi connectivity index (χ0n) is 18.0. The molecule has 31 heavy (non-hydrogen) atoms. The predicted molar refractivity (Wildman–Crippen MR) is 133 cm³/mol. The van der Waals surface area contributed by atoms with Gasteiger partial charge in [0.15, 0.2) is 5.96 Å².